The number of nitrogens with zero attached hydrogens (tertiary/aromatic N) is 1. The third-order valence-electron chi connectivity index (χ3n) is 5.03. The summed E-state index contributed by atoms with van der Waals surface area (Å²) < 4.78 is 33.0. The second-order valence-corrected chi connectivity index (χ2v) is 6.83. The normalized spacial score (nSPS) is 21.0. The highest BCUT2D eigenvalue weighted by Crippen LogP contribution is 2.33. The molecule has 2 aromatic rings. The number of amides is 2. The maximum absolute atomic E-state index is 14.2. The topological polar surface area (TPSA) is 58.6 Å². The van der Waals surface area contributed by atoms with Gasteiger partial charge in [-0.1, -0.05) is 12.1 Å². The first-order valence-electron chi connectivity index (χ1n) is 8.91. The lowest BCUT2D eigenvalue weighted by atomic mass is 10.0. The first kappa shape index (κ1) is 18.3. The zero-order chi connectivity index (χ0) is 19.8. The highest BCUT2D eigenvalue weighted by molar-refractivity contribution is 6.10. The second kappa shape index (κ2) is 7.16. The number of hydrogen-bond donors (Lipinski definition) is 1. The van der Waals surface area contributed by atoms with Crippen LogP contribution in [-0.4, -0.2) is 42.0 Å². The van der Waals surface area contributed by atoms with Crippen LogP contribution in [0.3, 0.4) is 0 Å². The minimum atomic E-state index is -0.720. The number of benzene rings is 2. The fourth-order valence-electron chi connectivity index (χ4n) is 3.69. The Bertz CT molecular complexity index is 976. The number of ether oxygens (including phenoxy) is 1. The first-order valence-corrected chi connectivity index (χ1v) is 8.91. The van der Waals surface area contributed by atoms with E-state index in [4.69, 9.17) is 4.74 Å². The third-order valence-corrected chi connectivity index (χ3v) is 5.03. The average Bonchev–Trinajstić information content (AvgIpc) is 3.07. The van der Waals surface area contributed by atoms with Crippen molar-refractivity contribution < 1.29 is 23.1 Å². The van der Waals surface area contributed by atoms with E-state index in [0.717, 1.165) is 12.1 Å². The second-order valence-electron chi connectivity index (χ2n) is 6.83. The molecule has 2 amide bonds. The summed E-state index contributed by atoms with van der Waals surface area (Å²) in [6.07, 6.45) is 1.76. The van der Waals surface area contributed by atoms with Crippen LogP contribution in [0.4, 0.5) is 14.5 Å². The van der Waals surface area contributed by atoms with Crippen molar-refractivity contribution in [1.29, 1.82) is 0 Å². The molecule has 0 aliphatic carbocycles. The predicted molar refractivity (Wildman–Crippen MR) is 99.8 cm³/mol. The number of carbonyl (C=O) groups excluding carboxylic acids is 2. The molecule has 1 saturated heterocycles. The Labute approximate surface area is 160 Å². The molecule has 0 radical (unpaired) electrons. The van der Waals surface area contributed by atoms with Gasteiger partial charge >= 0.3 is 0 Å². The van der Waals surface area contributed by atoms with Gasteiger partial charge < -0.3 is 15.0 Å². The largest absolute Gasteiger partial charge is 0.372 e. The van der Waals surface area contributed by atoms with Crippen LogP contribution in [0.15, 0.2) is 49.1 Å². The molecule has 1 N–H and O–H groups in total. The van der Waals surface area contributed by atoms with Gasteiger partial charge in [0.2, 0.25) is 5.91 Å². The molecule has 0 aromatic heterocycles. The summed E-state index contributed by atoms with van der Waals surface area (Å²) in [6.45, 7) is 4.23. The molecule has 0 unspecified atom stereocenters. The van der Waals surface area contributed by atoms with Gasteiger partial charge in [-0.05, 0) is 29.8 Å². The standard InChI is InChI=1S/C21H18F2N2O3/c1-2-7-28-14-10-19-20(26)24-18-6-3-12(8-16(18)21(27)25(19)11-14)15-5-4-13(22)9-17(15)23/h2-6,8-9,14,19H,1,7,10-11H2,(H,24,26)/t14-,19+/m1/s1. The molecule has 1 fully saturated rings. The SMILES string of the molecule is C=CCO[C@@H]1C[C@H]2C(=O)Nc3ccc(-c4ccc(F)cc4F)cc3C(=O)N2C1. The van der Waals surface area contributed by atoms with E-state index in [1.165, 1.54) is 17.0 Å². The molecule has 2 heterocycles. The number of halogens is 2. The van der Waals surface area contributed by atoms with E-state index in [9.17, 15) is 18.4 Å². The minimum Gasteiger partial charge on any atom is -0.372 e. The van der Waals surface area contributed by atoms with Gasteiger partial charge in [0.15, 0.2) is 0 Å². The average molecular weight is 384 g/mol. The summed E-state index contributed by atoms with van der Waals surface area (Å²) in [5, 5.41) is 2.77. The van der Waals surface area contributed by atoms with Gasteiger partial charge in [0.1, 0.15) is 17.7 Å². The van der Waals surface area contributed by atoms with Gasteiger partial charge in [-0.15, -0.1) is 6.58 Å². The highest BCUT2D eigenvalue weighted by Gasteiger charge is 2.43. The molecule has 0 spiro atoms. The van der Waals surface area contributed by atoms with Gasteiger partial charge in [-0.3, -0.25) is 9.59 Å². The van der Waals surface area contributed by atoms with E-state index in [0.29, 0.717) is 30.8 Å². The monoisotopic (exact) mass is 384 g/mol. The van der Waals surface area contributed by atoms with Crippen molar-refractivity contribution in [3.05, 3.63) is 66.3 Å². The highest BCUT2D eigenvalue weighted by atomic mass is 19.1. The van der Waals surface area contributed by atoms with Crippen LogP contribution in [0.5, 0.6) is 0 Å². The lowest BCUT2D eigenvalue weighted by Crippen LogP contribution is -2.40. The lowest BCUT2D eigenvalue weighted by molar-refractivity contribution is -0.119. The summed E-state index contributed by atoms with van der Waals surface area (Å²) in [4.78, 5) is 27.2. The Balaban J connectivity index is 1.70. The molecule has 4 rings (SSSR count). The van der Waals surface area contributed by atoms with Crippen LogP contribution in [0.1, 0.15) is 16.8 Å². The number of fused-ring (bicyclic) bond motifs is 2. The minimum absolute atomic E-state index is 0.178. The van der Waals surface area contributed by atoms with Crippen LogP contribution >= 0.6 is 0 Å². The van der Waals surface area contributed by atoms with Gasteiger partial charge in [-0.2, -0.15) is 0 Å². The van der Waals surface area contributed by atoms with Crippen LogP contribution in [0, 0.1) is 11.6 Å². The molecular formula is C21H18F2N2O3. The molecule has 0 bridgehead atoms. The third kappa shape index (κ3) is 3.18. The van der Waals surface area contributed by atoms with E-state index in [1.54, 1.807) is 18.2 Å². The molecule has 2 atom stereocenters. The zero-order valence-electron chi connectivity index (χ0n) is 15.0. The Morgan fingerprint density at radius 3 is 2.75 bits per heavy atom. The zero-order valence-corrected chi connectivity index (χ0v) is 15.0. The van der Waals surface area contributed by atoms with E-state index >= 15 is 0 Å². The van der Waals surface area contributed by atoms with Crippen LogP contribution in [0.2, 0.25) is 0 Å². The van der Waals surface area contributed by atoms with Crippen molar-refractivity contribution in [3.8, 4) is 11.1 Å². The number of nitrogens with one attached hydrogen (secondary N) is 1. The van der Waals surface area contributed by atoms with Crippen molar-refractivity contribution in [3.63, 3.8) is 0 Å². The number of rotatable bonds is 4. The maximum Gasteiger partial charge on any atom is 0.256 e. The van der Waals surface area contributed by atoms with E-state index < -0.39 is 17.7 Å². The molecule has 0 saturated carbocycles. The van der Waals surface area contributed by atoms with Crippen molar-refractivity contribution >= 4 is 17.5 Å². The molecule has 5 nitrogen and oxygen atoms in total. The maximum atomic E-state index is 14.2. The number of anilines is 1. The van der Waals surface area contributed by atoms with Crippen molar-refractivity contribution in [2.24, 2.45) is 0 Å². The molecular weight excluding hydrogens is 366 g/mol. The first-order chi connectivity index (χ1) is 13.5. The fraction of sp³-hybridized carbons (Fsp3) is 0.238. The van der Waals surface area contributed by atoms with Gasteiger partial charge in [0.05, 0.1) is 24.0 Å². The quantitative estimate of drug-likeness (QED) is 0.823. The predicted octanol–water partition coefficient (Wildman–Crippen LogP) is 3.37. The number of hydrogen-bond acceptors (Lipinski definition) is 3. The van der Waals surface area contributed by atoms with E-state index in [1.807, 2.05) is 0 Å². The molecule has 7 heteroatoms. The lowest BCUT2D eigenvalue weighted by Gasteiger charge is -2.20. The summed E-state index contributed by atoms with van der Waals surface area (Å²) in [5.41, 5.74) is 1.24. The van der Waals surface area contributed by atoms with Gasteiger partial charge in [0, 0.05) is 24.6 Å². The van der Waals surface area contributed by atoms with Crippen LogP contribution < -0.4 is 5.32 Å². The van der Waals surface area contributed by atoms with E-state index in [-0.39, 0.29) is 29.0 Å². The Hall–Kier alpha value is -3.06. The molecule has 2 aliphatic rings. The fourth-order valence-corrected chi connectivity index (χ4v) is 3.69. The summed E-state index contributed by atoms with van der Waals surface area (Å²) in [5.74, 6) is -2.00. The van der Waals surface area contributed by atoms with Gasteiger partial charge in [-0.25, -0.2) is 8.78 Å². The molecule has 28 heavy (non-hydrogen) atoms. The van der Waals surface area contributed by atoms with Crippen LogP contribution in [-0.2, 0) is 9.53 Å². The summed E-state index contributed by atoms with van der Waals surface area (Å²) in [6, 6.07) is 7.33. The Kier molecular flexibility index (Phi) is 4.68. The molecule has 2 aromatic carbocycles. The number of carbonyl (C=O) groups is 2. The summed E-state index contributed by atoms with van der Waals surface area (Å²) in [7, 11) is 0. The van der Waals surface area contributed by atoms with Crippen molar-refractivity contribution in [2.75, 3.05) is 18.5 Å². The van der Waals surface area contributed by atoms with Crippen LogP contribution in [0.25, 0.3) is 11.1 Å². The summed E-state index contributed by atoms with van der Waals surface area (Å²) >= 11 is 0. The van der Waals surface area contributed by atoms with Gasteiger partial charge in [0.25, 0.3) is 5.91 Å². The smallest absolute Gasteiger partial charge is 0.256 e. The Morgan fingerprint density at radius 2 is 2.00 bits per heavy atom. The molecule has 2 aliphatic heterocycles. The molecule has 144 valence electrons. The van der Waals surface area contributed by atoms with Crippen molar-refractivity contribution in [1.82, 2.24) is 4.90 Å². The van der Waals surface area contributed by atoms with E-state index in [2.05, 4.69) is 11.9 Å². The van der Waals surface area contributed by atoms with Crippen molar-refractivity contribution in [2.45, 2.75) is 18.6 Å². The Morgan fingerprint density at radius 1 is 1.18 bits per heavy atom.